The number of anilines is 1. The Morgan fingerprint density at radius 3 is 2.82 bits per heavy atom. The molecule has 3 heterocycles. The quantitative estimate of drug-likeness (QED) is 0.734. The van der Waals surface area contributed by atoms with Gasteiger partial charge in [-0.25, -0.2) is 0 Å². The molecule has 1 amide bonds. The Balaban J connectivity index is 1.32. The number of likely N-dealkylation sites (tertiary alicyclic amines) is 1. The topological polar surface area (TPSA) is 86.3 Å². The van der Waals surface area contributed by atoms with Crippen molar-refractivity contribution in [1.29, 1.82) is 5.26 Å². The van der Waals surface area contributed by atoms with Crippen molar-refractivity contribution >= 4 is 28.8 Å². The SMILES string of the molecule is N#Cc1ccc(NC(=O)CN2CCC(c3nnc4ccccn34)CC2)cc1Cl. The molecule has 0 radical (unpaired) electrons. The van der Waals surface area contributed by atoms with Gasteiger partial charge in [-0.3, -0.25) is 14.1 Å². The van der Waals surface area contributed by atoms with Gasteiger partial charge in [0.05, 0.1) is 17.1 Å². The lowest BCUT2D eigenvalue weighted by Crippen LogP contribution is -2.39. The minimum Gasteiger partial charge on any atom is -0.325 e. The Kier molecular flexibility index (Phi) is 5.24. The highest BCUT2D eigenvalue weighted by atomic mass is 35.5. The fourth-order valence-electron chi connectivity index (χ4n) is 3.57. The number of pyridine rings is 1. The van der Waals surface area contributed by atoms with Crippen LogP contribution in [0.2, 0.25) is 5.02 Å². The maximum absolute atomic E-state index is 12.3. The van der Waals surface area contributed by atoms with E-state index in [4.69, 9.17) is 16.9 Å². The van der Waals surface area contributed by atoms with E-state index in [1.807, 2.05) is 34.9 Å². The molecule has 8 heteroatoms. The molecular formula is C20H19ClN6O. The average Bonchev–Trinajstić information content (AvgIpc) is 3.13. The van der Waals surface area contributed by atoms with E-state index < -0.39 is 0 Å². The third kappa shape index (κ3) is 3.84. The van der Waals surface area contributed by atoms with E-state index >= 15 is 0 Å². The summed E-state index contributed by atoms with van der Waals surface area (Å²) >= 11 is 6.01. The minimum atomic E-state index is -0.0906. The van der Waals surface area contributed by atoms with E-state index in [9.17, 15) is 4.79 Å². The van der Waals surface area contributed by atoms with Gasteiger partial charge in [0, 0.05) is 17.8 Å². The number of piperidine rings is 1. The number of carbonyl (C=O) groups is 1. The van der Waals surface area contributed by atoms with Gasteiger partial charge in [0.25, 0.3) is 0 Å². The van der Waals surface area contributed by atoms with Crippen molar-refractivity contribution < 1.29 is 4.79 Å². The molecule has 0 spiro atoms. The van der Waals surface area contributed by atoms with Crippen LogP contribution in [0.25, 0.3) is 5.65 Å². The van der Waals surface area contributed by atoms with Crippen molar-refractivity contribution in [3.05, 3.63) is 59.0 Å². The maximum atomic E-state index is 12.3. The van der Waals surface area contributed by atoms with E-state index in [0.717, 1.165) is 37.4 Å². The number of benzene rings is 1. The number of fused-ring (bicyclic) bond motifs is 1. The lowest BCUT2D eigenvalue weighted by atomic mass is 9.96. The first-order chi connectivity index (χ1) is 13.6. The van der Waals surface area contributed by atoms with Gasteiger partial charge >= 0.3 is 0 Å². The molecule has 0 aliphatic carbocycles. The molecule has 142 valence electrons. The Morgan fingerprint density at radius 2 is 2.07 bits per heavy atom. The number of hydrogen-bond donors (Lipinski definition) is 1. The highest BCUT2D eigenvalue weighted by Gasteiger charge is 2.25. The number of nitrogens with zero attached hydrogens (tertiary/aromatic N) is 5. The predicted octanol–water partition coefficient (Wildman–Crippen LogP) is 3.07. The number of halogens is 1. The van der Waals surface area contributed by atoms with Gasteiger partial charge in [0.15, 0.2) is 5.65 Å². The predicted molar refractivity (Wildman–Crippen MR) is 106 cm³/mol. The van der Waals surface area contributed by atoms with Crippen molar-refractivity contribution in [2.75, 3.05) is 25.0 Å². The molecule has 1 aliphatic rings. The second kappa shape index (κ2) is 7.97. The summed E-state index contributed by atoms with van der Waals surface area (Å²) in [6, 6.07) is 12.8. The Bertz CT molecular complexity index is 1050. The molecule has 3 aromatic rings. The first-order valence-corrected chi connectivity index (χ1v) is 9.53. The maximum Gasteiger partial charge on any atom is 0.238 e. The largest absolute Gasteiger partial charge is 0.325 e. The highest BCUT2D eigenvalue weighted by Crippen LogP contribution is 2.27. The van der Waals surface area contributed by atoms with Gasteiger partial charge in [-0.2, -0.15) is 5.26 Å². The third-order valence-electron chi connectivity index (χ3n) is 5.03. The number of nitriles is 1. The molecular weight excluding hydrogens is 376 g/mol. The summed E-state index contributed by atoms with van der Waals surface area (Å²) in [6.45, 7) is 1.98. The summed E-state index contributed by atoms with van der Waals surface area (Å²) in [5.41, 5.74) is 1.85. The van der Waals surface area contributed by atoms with E-state index in [1.54, 1.807) is 18.2 Å². The second-order valence-corrected chi connectivity index (χ2v) is 7.30. The summed E-state index contributed by atoms with van der Waals surface area (Å²) in [6.07, 6.45) is 3.87. The van der Waals surface area contributed by atoms with Gasteiger partial charge in [-0.1, -0.05) is 17.7 Å². The molecule has 0 bridgehead atoms. The van der Waals surface area contributed by atoms with E-state index in [0.29, 0.717) is 28.7 Å². The fourth-order valence-corrected chi connectivity index (χ4v) is 3.80. The summed E-state index contributed by atoms with van der Waals surface area (Å²) in [7, 11) is 0. The van der Waals surface area contributed by atoms with Crippen LogP contribution in [-0.4, -0.2) is 45.0 Å². The van der Waals surface area contributed by atoms with Gasteiger partial charge in [-0.15, -0.1) is 10.2 Å². The van der Waals surface area contributed by atoms with E-state index in [-0.39, 0.29) is 5.91 Å². The van der Waals surface area contributed by atoms with Crippen LogP contribution in [0.5, 0.6) is 0 Å². The van der Waals surface area contributed by atoms with Crippen LogP contribution in [-0.2, 0) is 4.79 Å². The average molecular weight is 395 g/mol. The lowest BCUT2D eigenvalue weighted by Gasteiger charge is -2.30. The molecule has 1 N–H and O–H groups in total. The molecule has 1 aromatic carbocycles. The zero-order valence-electron chi connectivity index (χ0n) is 15.2. The number of nitrogens with one attached hydrogen (secondary N) is 1. The van der Waals surface area contributed by atoms with Crippen molar-refractivity contribution in [2.24, 2.45) is 0 Å². The molecule has 1 saturated heterocycles. The van der Waals surface area contributed by atoms with Crippen LogP contribution in [0.4, 0.5) is 5.69 Å². The first kappa shape index (κ1) is 18.4. The zero-order valence-corrected chi connectivity index (χ0v) is 15.9. The zero-order chi connectivity index (χ0) is 19.5. The molecule has 28 heavy (non-hydrogen) atoms. The number of rotatable bonds is 4. The number of aromatic nitrogens is 3. The molecule has 7 nitrogen and oxygen atoms in total. The number of amides is 1. The summed E-state index contributed by atoms with van der Waals surface area (Å²) in [4.78, 5) is 14.5. The van der Waals surface area contributed by atoms with Crippen LogP contribution in [0.3, 0.4) is 0 Å². The molecule has 1 aliphatic heterocycles. The van der Waals surface area contributed by atoms with Crippen LogP contribution in [0, 0.1) is 11.3 Å². The van der Waals surface area contributed by atoms with Crippen LogP contribution in [0.15, 0.2) is 42.6 Å². The van der Waals surface area contributed by atoms with Crippen LogP contribution < -0.4 is 5.32 Å². The first-order valence-electron chi connectivity index (χ1n) is 9.15. The van der Waals surface area contributed by atoms with Gasteiger partial charge < -0.3 is 5.32 Å². The smallest absolute Gasteiger partial charge is 0.238 e. The van der Waals surface area contributed by atoms with Crippen LogP contribution in [0.1, 0.15) is 30.1 Å². The van der Waals surface area contributed by atoms with E-state index in [1.165, 1.54) is 0 Å². The van der Waals surface area contributed by atoms with Gasteiger partial charge in [0.2, 0.25) is 5.91 Å². The van der Waals surface area contributed by atoms with Crippen LogP contribution >= 0.6 is 11.6 Å². The van der Waals surface area contributed by atoms with Crippen molar-refractivity contribution in [1.82, 2.24) is 19.5 Å². The lowest BCUT2D eigenvalue weighted by molar-refractivity contribution is -0.117. The van der Waals surface area contributed by atoms with Gasteiger partial charge in [0.1, 0.15) is 11.9 Å². The fraction of sp³-hybridized carbons (Fsp3) is 0.300. The molecule has 2 aromatic heterocycles. The number of carbonyl (C=O) groups excluding carboxylic acids is 1. The molecule has 0 atom stereocenters. The van der Waals surface area contributed by atoms with Crippen molar-refractivity contribution in [3.63, 3.8) is 0 Å². The third-order valence-corrected chi connectivity index (χ3v) is 5.35. The molecule has 1 fully saturated rings. The molecule has 0 saturated carbocycles. The summed E-state index contributed by atoms with van der Waals surface area (Å²) in [5.74, 6) is 1.24. The van der Waals surface area contributed by atoms with Gasteiger partial charge in [-0.05, 0) is 56.3 Å². The summed E-state index contributed by atoms with van der Waals surface area (Å²) < 4.78 is 2.04. The standard InChI is InChI=1S/C20H19ClN6O/c21-17-11-16(5-4-15(17)12-22)23-19(28)13-26-9-6-14(7-10-26)20-25-24-18-3-1-2-8-27(18)20/h1-5,8,11,14H,6-7,9-10,13H2,(H,23,28). The Morgan fingerprint density at radius 1 is 1.25 bits per heavy atom. The minimum absolute atomic E-state index is 0.0906. The molecule has 0 unspecified atom stereocenters. The van der Waals surface area contributed by atoms with Crippen molar-refractivity contribution in [2.45, 2.75) is 18.8 Å². The second-order valence-electron chi connectivity index (χ2n) is 6.89. The van der Waals surface area contributed by atoms with E-state index in [2.05, 4.69) is 20.4 Å². The van der Waals surface area contributed by atoms with Crippen molar-refractivity contribution in [3.8, 4) is 6.07 Å². The number of hydrogen-bond acceptors (Lipinski definition) is 5. The normalized spacial score (nSPS) is 15.4. The Hall–Kier alpha value is -2.95. The highest BCUT2D eigenvalue weighted by molar-refractivity contribution is 6.32. The monoisotopic (exact) mass is 394 g/mol. The summed E-state index contributed by atoms with van der Waals surface area (Å²) in [5, 5.41) is 20.7. The molecule has 4 rings (SSSR count). The Labute approximate surface area is 167 Å².